The van der Waals surface area contributed by atoms with E-state index >= 15 is 0 Å². The summed E-state index contributed by atoms with van der Waals surface area (Å²) in [7, 11) is 0. The maximum atomic E-state index is 5.69. The van der Waals surface area contributed by atoms with Crippen molar-refractivity contribution in [1.82, 2.24) is 0 Å². The molecule has 0 aliphatic carbocycles. The van der Waals surface area contributed by atoms with E-state index in [2.05, 4.69) is 20.8 Å². The van der Waals surface area contributed by atoms with Gasteiger partial charge >= 0.3 is 0 Å². The van der Waals surface area contributed by atoms with Crippen molar-refractivity contribution in [3.63, 3.8) is 0 Å². The maximum Gasteiger partial charge on any atom is 0.0572 e. The molecule has 0 aromatic heterocycles. The first-order valence-electron chi connectivity index (χ1n) is 5.46. The molecule has 12 heavy (non-hydrogen) atoms. The first kappa shape index (κ1) is 12.0. The molecule has 74 valence electrons. The third kappa shape index (κ3) is 6.66. The Labute approximate surface area is 77.5 Å². The Bertz CT molecular complexity index is 81.1. The zero-order valence-electron chi connectivity index (χ0n) is 8.94. The van der Waals surface area contributed by atoms with Gasteiger partial charge in [0.2, 0.25) is 0 Å². The quantitative estimate of drug-likeness (QED) is 0.506. The van der Waals surface area contributed by atoms with E-state index in [9.17, 15) is 0 Å². The van der Waals surface area contributed by atoms with Crippen molar-refractivity contribution >= 4 is 0 Å². The molecular weight excluding hydrogens is 148 g/mol. The lowest BCUT2D eigenvalue weighted by molar-refractivity contribution is 0.0437. The molecule has 0 rings (SSSR count). The van der Waals surface area contributed by atoms with Crippen LogP contribution in [0.2, 0.25) is 0 Å². The highest BCUT2D eigenvalue weighted by Gasteiger charge is 2.04. The molecule has 0 saturated carbocycles. The summed E-state index contributed by atoms with van der Waals surface area (Å²) >= 11 is 0. The summed E-state index contributed by atoms with van der Waals surface area (Å²) in [6.45, 7) is 7.56. The summed E-state index contributed by atoms with van der Waals surface area (Å²) in [4.78, 5) is 0. The zero-order valence-corrected chi connectivity index (χ0v) is 8.94. The number of hydrogen-bond donors (Lipinski definition) is 0. The summed E-state index contributed by atoms with van der Waals surface area (Å²) in [5.41, 5.74) is 0. The molecule has 1 heteroatoms. The molecule has 0 amide bonds. The van der Waals surface area contributed by atoms with E-state index in [1.807, 2.05) is 0 Å². The van der Waals surface area contributed by atoms with E-state index in [1.54, 1.807) is 0 Å². The van der Waals surface area contributed by atoms with Crippen LogP contribution in [-0.4, -0.2) is 12.7 Å². The summed E-state index contributed by atoms with van der Waals surface area (Å²) < 4.78 is 5.69. The van der Waals surface area contributed by atoms with E-state index in [4.69, 9.17) is 4.74 Å². The van der Waals surface area contributed by atoms with E-state index in [-0.39, 0.29) is 0 Å². The van der Waals surface area contributed by atoms with Crippen LogP contribution in [-0.2, 0) is 4.74 Å². The molecule has 1 nitrogen and oxygen atoms in total. The molecule has 0 aromatic rings. The monoisotopic (exact) mass is 172 g/mol. The molecule has 0 N–H and O–H groups in total. The number of ether oxygens (including phenoxy) is 1. The van der Waals surface area contributed by atoms with Gasteiger partial charge in [0.15, 0.2) is 0 Å². The second kappa shape index (κ2) is 9.05. The topological polar surface area (TPSA) is 9.23 Å². The SMILES string of the molecule is CCCCCC(CC)OCCC. The smallest absolute Gasteiger partial charge is 0.0572 e. The number of hydrogen-bond acceptors (Lipinski definition) is 1. The van der Waals surface area contributed by atoms with Gasteiger partial charge in [-0.25, -0.2) is 0 Å². The van der Waals surface area contributed by atoms with E-state index < -0.39 is 0 Å². The van der Waals surface area contributed by atoms with E-state index in [0.717, 1.165) is 13.0 Å². The van der Waals surface area contributed by atoms with Gasteiger partial charge in [0, 0.05) is 6.61 Å². The van der Waals surface area contributed by atoms with Crippen LogP contribution < -0.4 is 0 Å². The van der Waals surface area contributed by atoms with Gasteiger partial charge in [-0.2, -0.15) is 0 Å². The molecular formula is C11H24O. The van der Waals surface area contributed by atoms with Crippen LogP contribution >= 0.6 is 0 Å². The summed E-state index contributed by atoms with van der Waals surface area (Å²) in [5, 5.41) is 0. The Morgan fingerprint density at radius 1 is 1.00 bits per heavy atom. The lowest BCUT2D eigenvalue weighted by Gasteiger charge is -2.14. The Kier molecular flexibility index (Phi) is 9.02. The normalized spacial score (nSPS) is 13.2. The van der Waals surface area contributed by atoms with Crippen LogP contribution in [0.1, 0.15) is 59.3 Å². The zero-order chi connectivity index (χ0) is 9.23. The van der Waals surface area contributed by atoms with Gasteiger partial charge in [-0.15, -0.1) is 0 Å². The van der Waals surface area contributed by atoms with Crippen LogP contribution in [0.3, 0.4) is 0 Å². The second-order valence-electron chi connectivity index (χ2n) is 3.40. The van der Waals surface area contributed by atoms with Crippen LogP contribution in [0, 0.1) is 0 Å². The van der Waals surface area contributed by atoms with Gasteiger partial charge in [-0.3, -0.25) is 0 Å². The Balaban J connectivity index is 3.26. The van der Waals surface area contributed by atoms with Crippen molar-refractivity contribution in [2.75, 3.05) is 6.61 Å². The van der Waals surface area contributed by atoms with Crippen LogP contribution in [0.5, 0.6) is 0 Å². The summed E-state index contributed by atoms with van der Waals surface area (Å²) in [6, 6.07) is 0. The predicted octanol–water partition coefficient (Wildman–Crippen LogP) is 3.77. The van der Waals surface area contributed by atoms with Crippen LogP contribution in [0.25, 0.3) is 0 Å². The molecule has 0 radical (unpaired) electrons. The highest BCUT2D eigenvalue weighted by atomic mass is 16.5. The minimum absolute atomic E-state index is 0.525. The highest BCUT2D eigenvalue weighted by Crippen LogP contribution is 2.09. The first-order chi connectivity index (χ1) is 5.85. The molecule has 1 atom stereocenters. The molecule has 0 heterocycles. The van der Waals surface area contributed by atoms with Crippen molar-refractivity contribution < 1.29 is 4.74 Å². The molecule has 0 saturated heterocycles. The minimum atomic E-state index is 0.525. The van der Waals surface area contributed by atoms with E-state index in [1.165, 1.54) is 32.1 Å². The van der Waals surface area contributed by atoms with Gasteiger partial charge in [0.1, 0.15) is 0 Å². The van der Waals surface area contributed by atoms with Crippen LogP contribution in [0.15, 0.2) is 0 Å². The molecule has 0 aromatic carbocycles. The van der Waals surface area contributed by atoms with E-state index in [0.29, 0.717) is 6.10 Å². The van der Waals surface area contributed by atoms with Gasteiger partial charge in [0.05, 0.1) is 6.10 Å². The third-order valence-electron chi connectivity index (χ3n) is 2.14. The standard InChI is InChI=1S/C11H24O/c1-4-7-8-9-11(6-3)12-10-5-2/h11H,4-10H2,1-3H3. The van der Waals surface area contributed by atoms with Crippen molar-refractivity contribution in [2.24, 2.45) is 0 Å². The minimum Gasteiger partial charge on any atom is -0.378 e. The Morgan fingerprint density at radius 3 is 2.25 bits per heavy atom. The fraction of sp³-hybridized carbons (Fsp3) is 1.00. The largest absolute Gasteiger partial charge is 0.378 e. The molecule has 0 bridgehead atoms. The fourth-order valence-corrected chi connectivity index (χ4v) is 1.31. The molecule has 0 spiro atoms. The maximum absolute atomic E-state index is 5.69. The van der Waals surface area contributed by atoms with Gasteiger partial charge in [0.25, 0.3) is 0 Å². The molecule has 0 fully saturated rings. The fourth-order valence-electron chi connectivity index (χ4n) is 1.31. The Hall–Kier alpha value is -0.0400. The average Bonchev–Trinajstić information content (AvgIpc) is 2.11. The highest BCUT2D eigenvalue weighted by molar-refractivity contribution is 4.55. The van der Waals surface area contributed by atoms with Gasteiger partial charge in [-0.1, -0.05) is 40.0 Å². The van der Waals surface area contributed by atoms with Crippen molar-refractivity contribution in [3.05, 3.63) is 0 Å². The summed E-state index contributed by atoms with van der Waals surface area (Å²) in [6.07, 6.45) is 8.09. The molecule has 0 aliphatic heterocycles. The predicted molar refractivity (Wildman–Crippen MR) is 54.5 cm³/mol. The lowest BCUT2D eigenvalue weighted by atomic mass is 10.1. The molecule has 1 unspecified atom stereocenters. The Morgan fingerprint density at radius 2 is 1.75 bits per heavy atom. The van der Waals surface area contributed by atoms with Crippen molar-refractivity contribution in [3.8, 4) is 0 Å². The number of unbranched alkanes of at least 4 members (excludes halogenated alkanes) is 2. The molecule has 0 aliphatic rings. The van der Waals surface area contributed by atoms with Crippen LogP contribution in [0.4, 0.5) is 0 Å². The first-order valence-corrected chi connectivity index (χ1v) is 5.46. The summed E-state index contributed by atoms with van der Waals surface area (Å²) in [5.74, 6) is 0. The van der Waals surface area contributed by atoms with Gasteiger partial charge < -0.3 is 4.74 Å². The third-order valence-corrected chi connectivity index (χ3v) is 2.14. The van der Waals surface area contributed by atoms with Crippen molar-refractivity contribution in [2.45, 2.75) is 65.4 Å². The lowest BCUT2D eigenvalue weighted by Crippen LogP contribution is -2.12. The van der Waals surface area contributed by atoms with Gasteiger partial charge in [-0.05, 0) is 19.3 Å². The number of rotatable bonds is 8. The average molecular weight is 172 g/mol. The second-order valence-corrected chi connectivity index (χ2v) is 3.40. The van der Waals surface area contributed by atoms with Crippen molar-refractivity contribution in [1.29, 1.82) is 0 Å².